The maximum atomic E-state index is 14.8. The van der Waals surface area contributed by atoms with Crippen LogP contribution in [-0.4, -0.2) is 44.4 Å². The van der Waals surface area contributed by atoms with Gasteiger partial charge in [0.15, 0.2) is 5.78 Å². The smallest absolute Gasteiger partial charge is 0.224 e. The SMILES string of the molecule is CCCNc1ncnc2[nH]cc(C(=O)c3ccc(Cc4ccc(OC)nc4)nc3F)c12. The lowest BCUT2D eigenvalue weighted by atomic mass is 10.0. The summed E-state index contributed by atoms with van der Waals surface area (Å²) in [5.74, 6) is -0.269. The highest BCUT2D eigenvalue weighted by atomic mass is 19.1. The summed E-state index contributed by atoms with van der Waals surface area (Å²) in [7, 11) is 1.54. The number of anilines is 1. The first-order valence-corrected chi connectivity index (χ1v) is 9.85. The molecule has 0 spiro atoms. The highest BCUT2D eigenvalue weighted by Gasteiger charge is 2.22. The number of ether oxygens (including phenoxy) is 1. The molecule has 0 saturated heterocycles. The van der Waals surface area contributed by atoms with Gasteiger partial charge in [-0.2, -0.15) is 4.39 Å². The number of nitrogens with zero attached hydrogens (tertiary/aromatic N) is 4. The molecule has 4 rings (SSSR count). The van der Waals surface area contributed by atoms with E-state index in [0.717, 1.165) is 12.0 Å². The van der Waals surface area contributed by atoms with Crippen molar-refractivity contribution in [2.24, 2.45) is 0 Å². The van der Waals surface area contributed by atoms with E-state index in [9.17, 15) is 9.18 Å². The second kappa shape index (κ2) is 8.86. The van der Waals surface area contributed by atoms with E-state index < -0.39 is 11.7 Å². The van der Waals surface area contributed by atoms with Crippen molar-refractivity contribution >= 4 is 22.6 Å². The molecule has 4 heterocycles. The molecule has 9 heteroatoms. The Balaban J connectivity index is 1.62. The Morgan fingerprint density at radius 2 is 2.03 bits per heavy atom. The topological polar surface area (TPSA) is 106 Å². The van der Waals surface area contributed by atoms with Crippen LogP contribution in [0.2, 0.25) is 0 Å². The molecule has 0 aromatic carbocycles. The second-order valence-electron chi connectivity index (χ2n) is 6.93. The Bertz CT molecular complexity index is 1220. The number of rotatable bonds is 8. The van der Waals surface area contributed by atoms with Gasteiger partial charge < -0.3 is 15.0 Å². The zero-order chi connectivity index (χ0) is 21.8. The van der Waals surface area contributed by atoms with Gasteiger partial charge in [0.1, 0.15) is 17.8 Å². The van der Waals surface area contributed by atoms with Crippen LogP contribution in [0.3, 0.4) is 0 Å². The maximum Gasteiger partial charge on any atom is 0.224 e. The van der Waals surface area contributed by atoms with Crippen LogP contribution < -0.4 is 10.1 Å². The summed E-state index contributed by atoms with van der Waals surface area (Å²) in [5.41, 5.74) is 2.04. The van der Waals surface area contributed by atoms with Gasteiger partial charge in [0.05, 0.1) is 23.6 Å². The molecule has 0 bridgehead atoms. The summed E-state index contributed by atoms with van der Waals surface area (Å²) >= 11 is 0. The van der Waals surface area contributed by atoms with Gasteiger partial charge in [-0.15, -0.1) is 0 Å². The largest absolute Gasteiger partial charge is 0.481 e. The third-order valence-electron chi connectivity index (χ3n) is 4.80. The number of pyridine rings is 2. The third kappa shape index (κ3) is 4.20. The number of methoxy groups -OCH3 is 1. The van der Waals surface area contributed by atoms with E-state index in [-0.39, 0.29) is 5.56 Å². The monoisotopic (exact) mass is 420 g/mol. The van der Waals surface area contributed by atoms with Crippen LogP contribution in [0.25, 0.3) is 11.0 Å². The molecule has 31 heavy (non-hydrogen) atoms. The van der Waals surface area contributed by atoms with Crippen molar-refractivity contribution in [2.75, 3.05) is 19.0 Å². The molecule has 2 N–H and O–H groups in total. The number of hydrogen-bond donors (Lipinski definition) is 2. The molecular formula is C22H21FN6O2. The van der Waals surface area contributed by atoms with Crippen LogP contribution >= 0.6 is 0 Å². The zero-order valence-electron chi connectivity index (χ0n) is 17.1. The van der Waals surface area contributed by atoms with Crippen molar-refractivity contribution < 1.29 is 13.9 Å². The average molecular weight is 420 g/mol. The lowest BCUT2D eigenvalue weighted by Gasteiger charge is -2.08. The van der Waals surface area contributed by atoms with E-state index in [1.54, 1.807) is 18.3 Å². The van der Waals surface area contributed by atoms with Crippen LogP contribution in [-0.2, 0) is 6.42 Å². The van der Waals surface area contributed by atoms with Crippen molar-refractivity contribution in [1.82, 2.24) is 24.9 Å². The summed E-state index contributed by atoms with van der Waals surface area (Å²) in [4.78, 5) is 32.6. The number of halogens is 1. The molecule has 4 aromatic heterocycles. The molecule has 0 aliphatic rings. The number of hydrogen-bond acceptors (Lipinski definition) is 7. The summed E-state index contributed by atoms with van der Waals surface area (Å²) in [5, 5.41) is 3.72. The van der Waals surface area contributed by atoms with Crippen LogP contribution in [0.15, 0.2) is 43.0 Å². The standard InChI is InChI=1S/C22H21FN6O2/c1-3-8-24-21-18-16(11-26-22(18)28-12-27-21)19(30)15-6-5-14(29-20(15)23)9-13-4-7-17(31-2)25-10-13/h4-7,10-12H,3,8-9H2,1-2H3,(H2,24,26,27,28). The molecule has 0 radical (unpaired) electrons. The van der Waals surface area contributed by atoms with E-state index in [2.05, 4.69) is 30.2 Å². The van der Waals surface area contributed by atoms with Gasteiger partial charge >= 0.3 is 0 Å². The minimum atomic E-state index is -0.821. The Hall–Kier alpha value is -3.88. The van der Waals surface area contributed by atoms with Crippen molar-refractivity contribution in [3.05, 3.63) is 71.3 Å². The highest BCUT2D eigenvalue weighted by Crippen LogP contribution is 2.26. The molecular weight excluding hydrogens is 399 g/mol. The van der Waals surface area contributed by atoms with Gasteiger partial charge in [-0.3, -0.25) is 4.79 Å². The summed E-state index contributed by atoms with van der Waals surface area (Å²) in [6.07, 6.45) is 5.86. The average Bonchev–Trinajstić information content (AvgIpc) is 3.23. The minimum absolute atomic E-state index is 0.109. The fraction of sp³-hybridized carbons (Fsp3) is 0.227. The van der Waals surface area contributed by atoms with Crippen molar-refractivity contribution in [2.45, 2.75) is 19.8 Å². The highest BCUT2D eigenvalue weighted by molar-refractivity contribution is 6.17. The first-order valence-electron chi connectivity index (χ1n) is 9.85. The first kappa shape index (κ1) is 20.4. The lowest BCUT2D eigenvalue weighted by molar-refractivity contribution is 0.103. The summed E-state index contributed by atoms with van der Waals surface area (Å²) < 4.78 is 19.8. The van der Waals surface area contributed by atoms with Gasteiger partial charge in [-0.25, -0.2) is 19.9 Å². The normalized spacial score (nSPS) is 10.9. The first-order chi connectivity index (χ1) is 15.1. The number of carbonyl (C=O) groups excluding carboxylic acids is 1. The summed E-state index contributed by atoms with van der Waals surface area (Å²) in [6.45, 7) is 2.72. The Morgan fingerprint density at radius 1 is 1.16 bits per heavy atom. The van der Waals surface area contributed by atoms with E-state index in [4.69, 9.17) is 4.74 Å². The maximum absolute atomic E-state index is 14.8. The van der Waals surface area contributed by atoms with Crippen LogP contribution in [0.5, 0.6) is 5.88 Å². The Morgan fingerprint density at radius 3 is 2.74 bits per heavy atom. The molecule has 0 aliphatic heterocycles. The fourth-order valence-electron chi connectivity index (χ4n) is 3.25. The van der Waals surface area contributed by atoms with Gasteiger partial charge in [-0.05, 0) is 24.1 Å². The summed E-state index contributed by atoms with van der Waals surface area (Å²) in [6, 6.07) is 6.66. The number of H-pyrrole nitrogens is 1. The van der Waals surface area contributed by atoms with Crippen molar-refractivity contribution in [3.63, 3.8) is 0 Å². The molecule has 4 aromatic rings. The second-order valence-corrected chi connectivity index (χ2v) is 6.93. The third-order valence-corrected chi connectivity index (χ3v) is 4.80. The Labute approximate surface area is 177 Å². The van der Waals surface area contributed by atoms with Gasteiger partial charge in [0.25, 0.3) is 0 Å². The number of aromatic amines is 1. The van der Waals surface area contributed by atoms with Crippen LogP contribution in [0.4, 0.5) is 10.2 Å². The number of ketones is 1. The molecule has 0 amide bonds. The van der Waals surface area contributed by atoms with E-state index >= 15 is 0 Å². The van der Waals surface area contributed by atoms with Gasteiger partial charge in [0, 0.05) is 37.1 Å². The fourth-order valence-corrected chi connectivity index (χ4v) is 3.25. The van der Waals surface area contributed by atoms with Crippen LogP contribution in [0.1, 0.15) is 40.5 Å². The van der Waals surface area contributed by atoms with Gasteiger partial charge in [-0.1, -0.05) is 13.0 Å². The van der Waals surface area contributed by atoms with Crippen molar-refractivity contribution in [1.29, 1.82) is 0 Å². The van der Waals surface area contributed by atoms with E-state index in [0.29, 0.717) is 47.0 Å². The van der Waals surface area contributed by atoms with Crippen molar-refractivity contribution in [3.8, 4) is 5.88 Å². The van der Waals surface area contributed by atoms with E-state index in [1.807, 2.05) is 13.0 Å². The lowest BCUT2D eigenvalue weighted by Crippen LogP contribution is -2.09. The van der Waals surface area contributed by atoms with Gasteiger partial charge in [0.2, 0.25) is 11.8 Å². The predicted molar refractivity (Wildman–Crippen MR) is 114 cm³/mol. The van der Waals surface area contributed by atoms with E-state index in [1.165, 1.54) is 25.7 Å². The van der Waals surface area contributed by atoms with Crippen LogP contribution in [0, 0.1) is 5.95 Å². The number of carbonyl (C=O) groups is 1. The number of nitrogens with one attached hydrogen (secondary N) is 2. The molecule has 0 aliphatic carbocycles. The zero-order valence-corrected chi connectivity index (χ0v) is 17.1. The number of fused-ring (bicyclic) bond motifs is 1. The predicted octanol–water partition coefficient (Wildman–Crippen LogP) is 3.54. The number of aromatic nitrogens is 5. The quantitative estimate of drug-likeness (QED) is 0.332. The molecule has 158 valence electrons. The Kier molecular flexibility index (Phi) is 5.83. The molecule has 0 saturated carbocycles. The molecule has 0 fully saturated rings. The molecule has 0 unspecified atom stereocenters. The molecule has 8 nitrogen and oxygen atoms in total. The molecule has 0 atom stereocenters. The minimum Gasteiger partial charge on any atom is -0.481 e.